The van der Waals surface area contributed by atoms with Crippen molar-refractivity contribution in [1.29, 1.82) is 0 Å². The Balaban J connectivity index is 2.14. The molecule has 0 unspecified atom stereocenters. The van der Waals surface area contributed by atoms with Crippen LogP contribution in [-0.2, 0) is 6.54 Å². The SMILES string of the molecule is CNCc1sc(N(C)CC(F)F)nc1C1CC1. The molecule has 0 spiro atoms. The Morgan fingerprint density at radius 3 is 2.76 bits per heavy atom. The number of hydrogen-bond acceptors (Lipinski definition) is 4. The fourth-order valence-corrected chi connectivity index (χ4v) is 2.89. The van der Waals surface area contributed by atoms with Gasteiger partial charge in [0, 0.05) is 24.4 Å². The second-order valence-electron chi connectivity index (χ2n) is 4.38. The number of anilines is 1. The molecule has 2 rings (SSSR count). The molecule has 1 N–H and O–H groups in total. The summed E-state index contributed by atoms with van der Waals surface area (Å²) >= 11 is 1.52. The highest BCUT2D eigenvalue weighted by Gasteiger charge is 2.30. The van der Waals surface area contributed by atoms with Gasteiger partial charge in [0.2, 0.25) is 0 Å². The van der Waals surface area contributed by atoms with E-state index >= 15 is 0 Å². The molecule has 1 fully saturated rings. The molecule has 17 heavy (non-hydrogen) atoms. The summed E-state index contributed by atoms with van der Waals surface area (Å²) in [4.78, 5) is 7.24. The van der Waals surface area contributed by atoms with Crippen molar-refractivity contribution in [3.63, 3.8) is 0 Å². The number of nitrogens with one attached hydrogen (secondary N) is 1. The molecule has 1 saturated carbocycles. The zero-order chi connectivity index (χ0) is 12.4. The lowest BCUT2D eigenvalue weighted by molar-refractivity contribution is 0.156. The molecule has 0 aliphatic heterocycles. The first-order chi connectivity index (χ1) is 8.11. The molecule has 1 aromatic rings. The van der Waals surface area contributed by atoms with E-state index in [4.69, 9.17) is 0 Å². The van der Waals surface area contributed by atoms with Gasteiger partial charge in [-0.1, -0.05) is 0 Å². The van der Waals surface area contributed by atoms with Crippen LogP contribution >= 0.6 is 11.3 Å². The van der Waals surface area contributed by atoms with Crippen LogP contribution in [0.2, 0.25) is 0 Å². The molecular weight excluding hydrogens is 244 g/mol. The molecular formula is C11H17F2N3S. The third-order valence-electron chi connectivity index (χ3n) is 2.76. The van der Waals surface area contributed by atoms with Crippen LogP contribution in [0, 0.1) is 0 Å². The van der Waals surface area contributed by atoms with Crippen molar-refractivity contribution < 1.29 is 8.78 Å². The second kappa shape index (κ2) is 5.27. The van der Waals surface area contributed by atoms with E-state index in [-0.39, 0.29) is 6.54 Å². The van der Waals surface area contributed by atoms with E-state index in [1.165, 1.54) is 29.1 Å². The number of alkyl halides is 2. The van der Waals surface area contributed by atoms with Crippen molar-refractivity contribution >= 4 is 16.5 Å². The minimum Gasteiger partial charge on any atom is -0.345 e. The first-order valence-electron chi connectivity index (χ1n) is 5.75. The topological polar surface area (TPSA) is 28.2 Å². The minimum atomic E-state index is -2.32. The number of rotatable bonds is 6. The first kappa shape index (κ1) is 12.7. The van der Waals surface area contributed by atoms with Crippen LogP contribution in [0.15, 0.2) is 0 Å². The average Bonchev–Trinajstić information content (AvgIpc) is 3.00. The highest BCUT2D eigenvalue weighted by molar-refractivity contribution is 7.15. The Kier molecular flexibility index (Phi) is 3.93. The third-order valence-corrected chi connectivity index (χ3v) is 3.94. The summed E-state index contributed by atoms with van der Waals surface area (Å²) in [5.74, 6) is 0.559. The lowest BCUT2D eigenvalue weighted by atomic mass is 10.2. The Hall–Kier alpha value is -0.750. The van der Waals surface area contributed by atoms with Gasteiger partial charge in [-0.05, 0) is 19.9 Å². The van der Waals surface area contributed by atoms with Gasteiger partial charge in [0.1, 0.15) is 0 Å². The quantitative estimate of drug-likeness (QED) is 0.852. The van der Waals surface area contributed by atoms with Gasteiger partial charge in [0.05, 0.1) is 12.2 Å². The van der Waals surface area contributed by atoms with Crippen LogP contribution in [0.5, 0.6) is 0 Å². The lowest BCUT2D eigenvalue weighted by Crippen LogP contribution is -2.23. The van der Waals surface area contributed by atoms with Crippen molar-refractivity contribution in [2.75, 3.05) is 25.5 Å². The van der Waals surface area contributed by atoms with Crippen molar-refractivity contribution in [2.24, 2.45) is 0 Å². The molecule has 0 bridgehead atoms. The normalized spacial score (nSPS) is 15.6. The van der Waals surface area contributed by atoms with E-state index in [1.54, 1.807) is 11.9 Å². The molecule has 96 valence electrons. The van der Waals surface area contributed by atoms with E-state index in [2.05, 4.69) is 10.3 Å². The van der Waals surface area contributed by atoms with Crippen LogP contribution in [0.25, 0.3) is 0 Å². The summed E-state index contributed by atoms with van der Waals surface area (Å²) in [5, 5.41) is 3.81. The Morgan fingerprint density at radius 1 is 1.53 bits per heavy atom. The molecule has 0 amide bonds. The van der Waals surface area contributed by atoms with Crippen molar-refractivity contribution in [2.45, 2.75) is 31.7 Å². The zero-order valence-corrected chi connectivity index (χ0v) is 10.9. The van der Waals surface area contributed by atoms with Crippen molar-refractivity contribution in [3.05, 3.63) is 10.6 Å². The molecule has 0 atom stereocenters. The summed E-state index contributed by atoms with van der Waals surface area (Å²) < 4.78 is 24.6. The number of nitrogens with zero attached hydrogens (tertiary/aromatic N) is 2. The second-order valence-corrected chi connectivity index (χ2v) is 5.44. The van der Waals surface area contributed by atoms with E-state index in [0.717, 1.165) is 12.2 Å². The molecule has 1 heterocycles. The number of hydrogen-bond donors (Lipinski definition) is 1. The maximum absolute atomic E-state index is 12.3. The van der Waals surface area contributed by atoms with Gasteiger partial charge in [-0.3, -0.25) is 0 Å². The van der Waals surface area contributed by atoms with Crippen LogP contribution in [0.4, 0.5) is 13.9 Å². The van der Waals surface area contributed by atoms with Crippen LogP contribution in [-0.4, -0.2) is 32.0 Å². The first-order valence-corrected chi connectivity index (χ1v) is 6.57. The van der Waals surface area contributed by atoms with Gasteiger partial charge < -0.3 is 10.2 Å². The van der Waals surface area contributed by atoms with E-state index in [1.807, 2.05) is 7.05 Å². The van der Waals surface area contributed by atoms with Gasteiger partial charge in [-0.25, -0.2) is 13.8 Å². The van der Waals surface area contributed by atoms with E-state index in [9.17, 15) is 8.78 Å². The molecule has 1 aromatic heterocycles. The number of halogens is 2. The van der Waals surface area contributed by atoms with Gasteiger partial charge in [-0.2, -0.15) is 0 Å². The summed E-state index contributed by atoms with van der Waals surface area (Å²) in [6, 6.07) is 0. The minimum absolute atomic E-state index is 0.253. The molecule has 0 aromatic carbocycles. The van der Waals surface area contributed by atoms with Crippen LogP contribution in [0.3, 0.4) is 0 Å². The monoisotopic (exact) mass is 261 g/mol. The summed E-state index contributed by atoms with van der Waals surface area (Å²) in [5.41, 5.74) is 1.11. The average molecular weight is 261 g/mol. The van der Waals surface area contributed by atoms with Gasteiger partial charge in [0.15, 0.2) is 5.13 Å². The van der Waals surface area contributed by atoms with E-state index < -0.39 is 6.43 Å². The molecule has 6 heteroatoms. The maximum Gasteiger partial charge on any atom is 0.255 e. The smallest absolute Gasteiger partial charge is 0.255 e. The fraction of sp³-hybridized carbons (Fsp3) is 0.727. The molecule has 0 saturated heterocycles. The zero-order valence-electron chi connectivity index (χ0n) is 10.0. The van der Waals surface area contributed by atoms with Crippen molar-refractivity contribution in [1.82, 2.24) is 10.3 Å². The highest BCUT2D eigenvalue weighted by Crippen LogP contribution is 2.44. The maximum atomic E-state index is 12.3. The fourth-order valence-electron chi connectivity index (χ4n) is 1.76. The van der Waals surface area contributed by atoms with Crippen LogP contribution < -0.4 is 10.2 Å². The Labute approximate surface area is 104 Å². The predicted octanol–water partition coefficient (Wildman–Crippen LogP) is 2.44. The van der Waals surface area contributed by atoms with E-state index in [0.29, 0.717) is 11.0 Å². The largest absolute Gasteiger partial charge is 0.345 e. The van der Waals surface area contributed by atoms with Gasteiger partial charge in [0.25, 0.3) is 6.43 Å². The van der Waals surface area contributed by atoms with Gasteiger partial charge in [-0.15, -0.1) is 11.3 Å². The molecule has 0 radical (unpaired) electrons. The standard InChI is InChI=1S/C11H17F2N3S/c1-14-5-8-10(7-3-4-7)15-11(17-8)16(2)6-9(12)13/h7,9,14H,3-6H2,1-2H3. The highest BCUT2D eigenvalue weighted by atomic mass is 32.1. The summed E-state index contributed by atoms with van der Waals surface area (Å²) in [6.45, 7) is 0.517. The summed E-state index contributed by atoms with van der Waals surface area (Å²) in [7, 11) is 3.56. The van der Waals surface area contributed by atoms with Crippen molar-refractivity contribution in [3.8, 4) is 0 Å². The summed E-state index contributed by atoms with van der Waals surface area (Å²) in [6.07, 6.45) is 0.0395. The third kappa shape index (κ3) is 3.13. The van der Waals surface area contributed by atoms with Gasteiger partial charge >= 0.3 is 0 Å². The molecule has 1 aliphatic rings. The molecule has 3 nitrogen and oxygen atoms in total. The Bertz CT molecular complexity index is 377. The predicted molar refractivity (Wildman–Crippen MR) is 66.1 cm³/mol. The number of aromatic nitrogens is 1. The number of thiazole rings is 1. The Morgan fingerprint density at radius 2 is 2.24 bits per heavy atom. The lowest BCUT2D eigenvalue weighted by Gasteiger charge is -2.14. The van der Waals surface area contributed by atoms with Crippen LogP contribution in [0.1, 0.15) is 29.3 Å². The molecule has 1 aliphatic carbocycles.